The SMILES string of the molecule is C[C](C)C.C[C](C)C.[CH]1C=CC=C1.[HH].[Sn]. The summed E-state index contributed by atoms with van der Waals surface area (Å²) in [6, 6.07) is 0. The molecule has 14 heavy (non-hydrogen) atoms. The van der Waals surface area contributed by atoms with Crippen molar-refractivity contribution in [1.82, 2.24) is 0 Å². The van der Waals surface area contributed by atoms with Crippen LogP contribution in [0.1, 0.15) is 43.0 Å². The summed E-state index contributed by atoms with van der Waals surface area (Å²) >= 11 is 0. The summed E-state index contributed by atoms with van der Waals surface area (Å²) in [5, 5.41) is 0. The Morgan fingerprint density at radius 1 is 0.643 bits per heavy atom. The van der Waals surface area contributed by atoms with E-state index in [9.17, 15) is 0 Å². The number of hydrogen-bond acceptors (Lipinski definition) is 0. The number of hydrogen-bond donors (Lipinski definition) is 0. The minimum Gasteiger partial charge on any atom is -0.0767 e. The zero-order valence-electron chi connectivity index (χ0n) is 10.4. The van der Waals surface area contributed by atoms with Crippen LogP contribution in [-0.4, -0.2) is 23.9 Å². The van der Waals surface area contributed by atoms with Crippen molar-refractivity contribution in [3.63, 3.8) is 0 Å². The first kappa shape index (κ1) is 19.8. The average molecular weight is 300 g/mol. The molecule has 0 aromatic carbocycles. The van der Waals surface area contributed by atoms with Gasteiger partial charge in [-0.25, -0.2) is 0 Å². The van der Waals surface area contributed by atoms with Gasteiger partial charge in [0.15, 0.2) is 0 Å². The average Bonchev–Trinajstić information content (AvgIpc) is 2.35. The first-order valence-corrected chi connectivity index (χ1v) is 4.67. The summed E-state index contributed by atoms with van der Waals surface area (Å²) in [5.74, 6) is 2.83. The van der Waals surface area contributed by atoms with Crippen molar-refractivity contribution in [2.24, 2.45) is 0 Å². The largest absolute Gasteiger partial charge is 0.0767 e. The van der Waals surface area contributed by atoms with Crippen LogP contribution in [0.5, 0.6) is 0 Å². The van der Waals surface area contributed by atoms with Gasteiger partial charge in [-0.2, -0.15) is 0 Å². The van der Waals surface area contributed by atoms with E-state index < -0.39 is 0 Å². The molecule has 0 atom stereocenters. The van der Waals surface area contributed by atoms with Crippen LogP contribution in [0.4, 0.5) is 0 Å². The molecular weight excluding hydrogens is 275 g/mol. The van der Waals surface area contributed by atoms with Gasteiger partial charge in [-0.3, -0.25) is 0 Å². The zero-order chi connectivity index (χ0) is 10.7. The third-order valence-corrected chi connectivity index (χ3v) is 0.556. The molecule has 81 valence electrons. The molecular formula is C13H25Sn. The molecule has 1 heteroatoms. The van der Waals surface area contributed by atoms with Crippen LogP contribution in [0, 0.1) is 18.3 Å². The Kier molecular flexibility index (Phi) is 22.2. The minimum absolute atomic E-state index is 0. The van der Waals surface area contributed by atoms with Crippen LogP contribution in [0.3, 0.4) is 0 Å². The summed E-state index contributed by atoms with van der Waals surface area (Å²) < 4.78 is 0. The van der Waals surface area contributed by atoms with Crippen LogP contribution >= 0.6 is 0 Å². The number of rotatable bonds is 0. The fourth-order valence-electron chi connectivity index (χ4n) is 0.321. The molecule has 1 rings (SSSR count). The van der Waals surface area contributed by atoms with Crippen LogP contribution < -0.4 is 0 Å². The summed E-state index contributed by atoms with van der Waals surface area (Å²) in [5.41, 5.74) is 0. The van der Waals surface area contributed by atoms with Crippen molar-refractivity contribution >= 4 is 23.9 Å². The zero-order valence-corrected chi connectivity index (χ0v) is 13.2. The predicted octanol–water partition coefficient (Wildman–Crippen LogP) is 4.42. The smallest absolute Gasteiger partial charge is 0.00506 e. The molecule has 0 heterocycles. The van der Waals surface area contributed by atoms with Gasteiger partial charge in [0.05, 0.1) is 0 Å². The van der Waals surface area contributed by atoms with E-state index in [2.05, 4.69) is 41.5 Å². The van der Waals surface area contributed by atoms with E-state index in [1.54, 1.807) is 0 Å². The molecule has 0 spiro atoms. The molecule has 0 saturated heterocycles. The monoisotopic (exact) mass is 301 g/mol. The van der Waals surface area contributed by atoms with Gasteiger partial charge in [-0.15, -0.1) is 0 Å². The maximum absolute atomic E-state index is 2.08. The van der Waals surface area contributed by atoms with Gasteiger partial charge in [-0.1, -0.05) is 65.8 Å². The second kappa shape index (κ2) is 15.7. The van der Waals surface area contributed by atoms with Gasteiger partial charge in [-0.05, 0) is 11.8 Å². The van der Waals surface area contributed by atoms with Crippen LogP contribution in [0.15, 0.2) is 24.3 Å². The summed E-state index contributed by atoms with van der Waals surface area (Å²) in [4.78, 5) is 0. The van der Waals surface area contributed by atoms with Gasteiger partial charge < -0.3 is 0 Å². The van der Waals surface area contributed by atoms with Crippen LogP contribution in [0.2, 0.25) is 0 Å². The van der Waals surface area contributed by atoms with Crippen molar-refractivity contribution < 1.29 is 1.43 Å². The van der Waals surface area contributed by atoms with E-state index in [-0.39, 0.29) is 25.3 Å². The normalized spacial score (nSPS) is 11.4. The topological polar surface area (TPSA) is 0 Å². The molecule has 1 aliphatic carbocycles. The predicted molar refractivity (Wildman–Crippen MR) is 71.0 cm³/mol. The molecule has 0 nitrogen and oxygen atoms in total. The Bertz CT molecular complexity index is 116. The molecule has 0 saturated carbocycles. The molecule has 0 aromatic rings. The molecule has 0 unspecified atom stereocenters. The van der Waals surface area contributed by atoms with Crippen LogP contribution in [0.25, 0.3) is 0 Å². The second-order valence-electron chi connectivity index (χ2n) is 3.96. The molecule has 0 amide bonds. The van der Waals surface area contributed by atoms with E-state index in [4.69, 9.17) is 0 Å². The maximum atomic E-state index is 2.08. The van der Waals surface area contributed by atoms with Gasteiger partial charge in [0.2, 0.25) is 0 Å². The fourth-order valence-corrected chi connectivity index (χ4v) is 0.321. The van der Waals surface area contributed by atoms with E-state index >= 15 is 0 Å². The van der Waals surface area contributed by atoms with Crippen molar-refractivity contribution in [2.45, 2.75) is 41.5 Å². The Balaban J connectivity index is -0.0000000575. The Morgan fingerprint density at radius 2 is 0.857 bits per heavy atom. The molecule has 0 aliphatic heterocycles. The second-order valence-corrected chi connectivity index (χ2v) is 3.96. The third-order valence-electron chi connectivity index (χ3n) is 0.556. The molecule has 0 aromatic heterocycles. The van der Waals surface area contributed by atoms with Crippen LogP contribution in [-0.2, 0) is 0 Å². The van der Waals surface area contributed by atoms with Gasteiger partial charge in [0.1, 0.15) is 0 Å². The van der Waals surface area contributed by atoms with Gasteiger partial charge >= 0.3 is 0 Å². The van der Waals surface area contributed by atoms with Gasteiger partial charge in [0.25, 0.3) is 0 Å². The Labute approximate surface area is 109 Å². The van der Waals surface area contributed by atoms with E-state index in [1.165, 1.54) is 11.8 Å². The third kappa shape index (κ3) is 56.1. The Hall–Kier alpha value is 0.279. The molecule has 0 fully saturated rings. The summed E-state index contributed by atoms with van der Waals surface area (Å²) in [6.07, 6.45) is 10.0. The molecule has 1 aliphatic rings. The standard InChI is InChI=1S/C5H5.2C4H9.Sn.H2/c1-2-4-5-3-1;2*1-4(2)3;;/h1-5H;2*1-3H3;;1H. The minimum atomic E-state index is 0. The summed E-state index contributed by atoms with van der Waals surface area (Å²) in [6.45, 7) is 12.5. The Morgan fingerprint density at radius 3 is 0.929 bits per heavy atom. The quantitative estimate of drug-likeness (QED) is 0.581. The van der Waals surface area contributed by atoms with E-state index in [1.807, 2.05) is 30.7 Å². The van der Waals surface area contributed by atoms with E-state index in [0.717, 1.165) is 0 Å². The van der Waals surface area contributed by atoms with E-state index in [0.29, 0.717) is 0 Å². The van der Waals surface area contributed by atoms with Crippen molar-refractivity contribution in [3.05, 3.63) is 42.6 Å². The van der Waals surface area contributed by atoms with Crippen molar-refractivity contribution in [2.75, 3.05) is 0 Å². The maximum Gasteiger partial charge on any atom is 0.00506 e. The molecule has 0 bridgehead atoms. The number of allylic oxidation sites excluding steroid dienone is 4. The summed E-state index contributed by atoms with van der Waals surface area (Å²) in [7, 11) is 0. The van der Waals surface area contributed by atoms with Crippen molar-refractivity contribution in [3.8, 4) is 0 Å². The van der Waals surface area contributed by atoms with Gasteiger partial charge in [0, 0.05) is 31.8 Å². The first-order valence-electron chi connectivity index (χ1n) is 4.67. The fraction of sp³-hybridized carbons (Fsp3) is 0.462. The molecule has 0 N–H and O–H groups in total. The first-order chi connectivity index (χ1) is 5.96. The van der Waals surface area contributed by atoms with Crippen molar-refractivity contribution in [1.29, 1.82) is 0 Å². The molecule has 7 radical (unpaired) electrons.